The summed E-state index contributed by atoms with van der Waals surface area (Å²) in [7, 11) is 0. The maximum absolute atomic E-state index is 11.9. The SMILES string of the molecule is CCCCCCCC(=O)NCC(=O)C(Cl)CCc1ccccc1. The van der Waals surface area contributed by atoms with Gasteiger partial charge < -0.3 is 5.32 Å². The largest absolute Gasteiger partial charge is 0.349 e. The molecule has 1 N–H and O–H groups in total. The molecule has 0 aliphatic carbocycles. The summed E-state index contributed by atoms with van der Waals surface area (Å²) in [6.07, 6.45) is 7.41. The van der Waals surface area contributed by atoms with Gasteiger partial charge in [0.2, 0.25) is 5.91 Å². The first kappa shape index (κ1) is 19.7. The number of carbonyl (C=O) groups is 2. The minimum absolute atomic E-state index is 0.0384. The van der Waals surface area contributed by atoms with Crippen LogP contribution < -0.4 is 5.32 Å². The minimum atomic E-state index is -0.542. The number of alkyl halides is 1. The monoisotopic (exact) mass is 337 g/mol. The van der Waals surface area contributed by atoms with E-state index in [0.717, 1.165) is 19.3 Å². The fourth-order valence-corrected chi connectivity index (χ4v) is 2.56. The predicted molar refractivity (Wildman–Crippen MR) is 95.8 cm³/mol. The van der Waals surface area contributed by atoms with Gasteiger partial charge in [-0.05, 0) is 24.8 Å². The maximum atomic E-state index is 11.9. The van der Waals surface area contributed by atoms with Crippen molar-refractivity contribution in [2.45, 2.75) is 63.7 Å². The van der Waals surface area contributed by atoms with Crippen LogP contribution in [0.25, 0.3) is 0 Å². The Balaban J connectivity index is 2.13. The van der Waals surface area contributed by atoms with E-state index in [9.17, 15) is 9.59 Å². The Hall–Kier alpha value is -1.35. The summed E-state index contributed by atoms with van der Waals surface area (Å²) in [6.45, 7) is 2.20. The van der Waals surface area contributed by atoms with Gasteiger partial charge in [0.15, 0.2) is 5.78 Å². The Morgan fingerprint density at radius 2 is 1.78 bits per heavy atom. The summed E-state index contributed by atoms with van der Waals surface area (Å²) < 4.78 is 0. The van der Waals surface area contributed by atoms with Crippen molar-refractivity contribution in [3.63, 3.8) is 0 Å². The number of amides is 1. The molecule has 0 saturated carbocycles. The summed E-state index contributed by atoms with van der Waals surface area (Å²) in [5, 5.41) is 2.14. The molecule has 0 bridgehead atoms. The van der Waals surface area contributed by atoms with E-state index in [1.165, 1.54) is 24.8 Å². The topological polar surface area (TPSA) is 46.2 Å². The van der Waals surface area contributed by atoms with E-state index >= 15 is 0 Å². The van der Waals surface area contributed by atoms with E-state index in [1.54, 1.807) is 0 Å². The lowest BCUT2D eigenvalue weighted by molar-refractivity contribution is -0.125. The fourth-order valence-electron chi connectivity index (χ4n) is 2.37. The number of halogens is 1. The number of carbonyl (C=O) groups excluding carboxylic acids is 2. The molecule has 0 radical (unpaired) electrons. The van der Waals surface area contributed by atoms with E-state index in [2.05, 4.69) is 12.2 Å². The molecule has 0 spiro atoms. The molecule has 0 aromatic heterocycles. The average molecular weight is 338 g/mol. The van der Waals surface area contributed by atoms with Gasteiger partial charge in [0.1, 0.15) is 0 Å². The number of hydrogen-bond acceptors (Lipinski definition) is 2. The van der Waals surface area contributed by atoms with Crippen molar-refractivity contribution in [3.05, 3.63) is 35.9 Å². The van der Waals surface area contributed by atoms with Crippen LogP contribution in [-0.4, -0.2) is 23.6 Å². The lowest BCUT2D eigenvalue weighted by Gasteiger charge is -2.10. The zero-order valence-electron chi connectivity index (χ0n) is 14.0. The molecule has 1 amide bonds. The molecule has 0 fully saturated rings. The predicted octanol–water partition coefficient (Wildman–Crippen LogP) is 4.27. The van der Waals surface area contributed by atoms with Gasteiger partial charge >= 0.3 is 0 Å². The van der Waals surface area contributed by atoms with Crippen LogP contribution in [0.5, 0.6) is 0 Å². The lowest BCUT2D eigenvalue weighted by Crippen LogP contribution is -2.33. The summed E-state index contributed by atoms with van der Waals surface area (Å²) in [5.41, 5.74) is 1.17. The number of Topliss-reactive ketones (excluding diaryl/α,β-unsaturated/α-hetero) is 1. The molecule has 0 saturated heterocycles. The molecule has 3 nitrogen and oxygen atoms in total. The van der Waals surface area contributed by atoms with Crippen molar-refractivity contribution in [3.8, 4) is 0 Å². The van der Waals surface area contributed by atoms with Crippen molar-refractivity contribution < 1.29 is 9.59 Å². The Kier molecular flexibility index (Phi) is 10.4. The second kappa shape index (κ2) is 12.1. The van der Waals surface area contributed by atoms with Crippen LogP contribution in [0.3, 0.4) is 0 Å². The van der Waals surface area contributed by atoms with Crippen LogP contribution in [0, 0.1) is 0 Å². The van der Waals surface area contributed by atoms with Gasteiger partial charge in [0, 0.05) is 6.42 Å². The normalized spacial score (nSPS) is 11.9. The number of benzene rings is 1. The maximum Gasteiger partial charge on any atom is 0.220 e. The molecule has 4 heteroatoms. The number of rotatable bonds is 12. The Morgan fingerprint density at radius 1 is 1.09 bits per heavy atom. The highest BCUT2D eigenvalue weighted by Crippen LogP contribution is 2.10. The van der Waals surface area contributed by atoms with Crippen LogP contribution in [-0.2, 0) is 16.0 Å². The highest BCUT2D eigenvalue weighted by atomic mass is 35.5. The van der Waals surface area contributed by atoms with Crippen LogP contribution in [0.15, 0.2) is 30.3 Å². The lowest BCUT2D eigenvalue weighted by atomic mass is 10.1. The van der Waals surface area contributed by atoms with E-state index in [-0.39, 0.29) is 18.2 Å². The van der Waals surface area contributed by atoms with E-state index in [4.69, 9.17) is 11.6 Å². The molecule has 1 rings (SSSR count). The molecule has 0 heterocycles. The Labute approximate surface area is 144 Å². The zero-order chi connectivity index (χ0) is 16.9. The highest BCUT2D eigenvalue weighted by Gasteiger charge is 2.15. The van der Waals surface area contributed by atoms with E-state index in [1.807, 2.05) is 30.3 Å². The second-order valence-electron chi connectivity index (χ2n) is 5.90. The van der Waals surface area contributed by atoms with Gasteiger partial charge in [-0.1, -0.05) is 62.9 Å². The third-order valence-electron chi connectivity index (χ3n) is 3.85. The van der Waals surface area contributed by atoms with Crippen molar-refractivity contribution in [1.29, 1.82) is 0 Å². The summed E-state index contributed by atoms with van der Waals surface area (Å²) in [6, 6.07) is 9.95. The van der Waals surface area contributed by atoms with Crippen LogP contribution >= 0.6 is 11.6 Å². The fraction of sp³-hybridized carbons (Fsp3) is 0.579. The van der Waals surface area contributed by atoms with Crippen LogP contribution in [0.2, 0.25) is 0 Å². The number of ketones is 1. The van der Waals surface area contributed by atoms with E-state index in [0.29, 0.717) is 12.8 Å². The van der Waals surface area contributed by atoms with Crippen LogP contribution in [0.4, 0.5) is 0 Å². The average Bonchev–Trinajstić information content (AvgIpc) is 2.58. The molecule has 128 valence electrons. The number of hydrogen-bond donors (Lipinski definition) is 1. The summed E-state index contributed by atoms with van der Waals surface area (Å²) in [5.74, 6) is -0.163. The second-order valence-corrected chi connectivity index (χ2v) is 6.43. The van der Waals surface area contributed by atoms with Gasteiger partial charge in [-0.3, -0.25) is 9.59 Å². The molecule has 1 aromatic rings. The molecule has 1 unspecified atom stereocenters. The highest BCUT2D eigenvalue weighted by molar-refractivity contribution is 6.31. The molecule has 1 aromatic carbocycles. The van der Waals surface area contributed by atoms with Crippen molar-refractivity contribution in [2.75, 3.05) is 6.54 Å². The quantitative estimate of drug-likeness (QED) is 0.457. The van der Waals surface area contributed by atoms with Gasteiger partial charge in [0.05, 0.1) is 11.9 Å². The number of aryl methyl sites for hydroxylation is 1. The van der Waals surface area contributed by atoms with Gasteiger partial charge in [-0.15, -0.1) is 11.6 Å². The molecule has 23 heavy (non-hydrogen) atoms. The van der Waals surface area contributed by atoms with Gasteiger partial charge in [-0.25, -0.2) is 0 Å². The third kappa shape index (κ3) is 9.39. The first-order chi connectivity index (χ1) is 11.1. The smallest absolute Gasteiger partial charge is 0.220 e. The Bertz CT molecular complexity index is 462. The first-order valence-electron chi connectivity index (χ1n) is 8.61. The van der Waals surface area contributed by atoms with Gasteiger partial charge in [0.25, 0.3) is 0 Å². The Morgan fingerprint density at radius 3 is 2.48 bits per heavy atom. The standard InChI is InChI=1S/C19H28ClNO2/c1-2-3-4-5-9-12-19(23)21-15-18(22)17(20)14-13-16-10-7-6-8-11-16/h6-8,10-11,17H,2-5,9,12-15H2,1H3,(H,21,23). The summed E-state index contributed by atoms with van der Waals surface area (Å²) in [4.78, 5) is 23.6. The molecular formula is C19H28ClNO2. The minimum Gasteiger partial charge on any atom is -0.349 e. The van der Waals surface area contributed by atoms with Gasteiger partial charge in [-0.2, -0.15) is 0 Å². The van der Waals surface area contributed by atoms with Crippen LogP contribution in [0.1, 0.15) is 57.4 Å². The third-order valence-corrected chi connectivity index (χ3v) is 4.31. The number of nitrogens with one attached hydrogen (secondary N) is 1. The molecule has 1 atom stereocenters. The molecular weight excluding hydrogens is 310 g/mol. The van der Waals surface area contributed by atoms with Crippen molar-refractivity contribution in [2.24, 2.45) is 0 Å². The van der Waals surface area contributed by atoms with Crippen molar-refractivity contribution in [1.82, 2.24) is 5.32 Å². The zero-order valence-corrected chi connectivity index (χ0v) is 14.8. The summed E-state index contributed by atoms with van der Waals surface area (Å²) >= 11 is 6.13. The first-order valence-corrected chi connectivity index (χ1v) is 9.04. The van der Waals surface area contributed by atoms with E-state index < -0.39 is 5.38 Å². The molecule has 0 aliphatic rings. The number of unbranched alkanes of at least 4 members (excludes halogenated alkanes) is 4. The van der Waals surface area contributed by atoms with Crippen molar-refractivity contribution >= 4 is 23.3 Å². The molecule has 0 aliphatic heterocycles.